The monoisotopic (exact) mass is 423 g/mol. The van der Waals surface area contributed by atoms with Gasteiger partial charge >= 0.3 is 0 Å². The van der Waals surface area contributed by atoms with Crippen molar-refractivity contribution in [2.24, 2.45) is 5.92 Å². The van der Waals surface area contributed by atoms with Crippen LogP contribution in [-0.2, 0) is 4.79 Å². The first-order chi connectivity index (χ1) is 14.5. The summed E-state index contributed by atoms with van der Waals surface area (Å²) in [5.74, 6) is -0.679. The molecule has 0 aliphatic carbocycles. The summed E-state index contributed by atoms with van der Waals surface area (Å²) in [6.07, 6.45) is 1.17. The second-order valence-corrected chi connectivity index (χ2v) is 8.19. The number of hydrogen-bond donors (Lipinski definition) is 0. The number of likely N-dealkylation sites (tertiary alicyclic amines) is 1. The van der Waals surface area contributed by atoms with Crippen LogP contribution in [0.3, 0.4) is 0 Å². The van der Waals surface area contributed by atoms with Crippen LogP contribution < -0.4 is 4.90 Å². The van der Waals surface area contributed by atoms with Gasteiger partial charge in [0.1, 0.15) is 5.82 Å². The van der Waals surface area contributed by atoms with Crippen LogP contribution in [0, 0.1) is 18.7 Å². The maximum Gasteiger partial charge on any atom is 0.253 e. The number of carbonyl (C=O) groups excluding carboxylic acids is 2. The van der Waals surface area contributed by atoms with Crippen LogP contribution in [0.15, 0.2) is 60.0 Å². The third-order valence-electron chi connectivity index (χ3n) is 5.26. The zero-order valence-electron chi connectivity index (χ0n) is 16.6. The number of anilines is 2. The van der Waals surface area contributed by atoms with Crippen molar-refractivity contribution in [1.82, 2.24) is 9.88 Å². The molecule has 1 aliphatic heterocycles. The number of thiazole rings is 1. The lowest BCUT2D eigenvalue weighted by molar-refractivity contribution is -0.122. The molecule has 0 radical (unpaired) electrons. The predicted octanol–water partition coefficient (Wildman–Crippen LogP) is 4.81. The molecular weight excluding hydrogens is 401 g/mol. The van der Waals surface area contributed by atoms with Crippen molar-refractivity contribution in [2.75, 3.05) is 18.0 Å². The van der Waals surface area contributed by atoms with E-state index in [2.05, 4.69) is 4.98 Å². The zero-order valence-corrected chi connectivity index (χ0v) is 17.4. The third-order valence-corrected chi connectivity index (χ3v) is 6.20. The van der Waals surface area contributed by atoms with Crippen LogP contribution in [-0.4, -0.2) is 34.8 Å². The Morgan fingerprint density at radius 1 is 1.07 bits per heavy atom. The molecule has 0 bridgehead atoms. The number of rotatable bonds is 4. The van der Waals surface area contributed by atoms with Gasteiger partial charge in [-0.05, 0) is 56.2 Å². The van der Waals surface area contributed by atoms with Crippen LogP contribution >= 0.6 is 11.3 Å². The number of benzene rings is 2. The predicted molar refractivity (Wildman–Crippen MR) is 115 cm³/mol. The van der Waals surface area contributed by atoms with Gasteiger partial charge in [0.05, 0.1) is 11.4 Å². The van der Waals surface area contributed by atoms with Crippen LogP contribution in [0.2, 0.25) is 0 Å². The van der Waals surface area contributed by atoms with Gasteiger partial charge in [-0.15, -0.1) is 11.3 Å². The van der Waals surface area contributed by atoms with Crippen molar-refractivity contribution >= 4 is 34.0 Å². The normalized spacial score (nSPS) is 14.5. The average molecular weight is 424 g/mol. The van der Waals surface area contributed by atoms with E-state index < -0.39 is 0 Å². The van der Waals surface area contributed by atoms with E-state index in [1.54, 1.807) is 9.80 Å². The molecule has 2 heterocycles. The average Bonchev–Trinajstić information content (AvgIpc) is 3.20. The number of para-hydroxylation sites is 1. The number of halogens is 1. The van der Waals surface area contributed by atoms with Crippen LogP contribution in [0.25, 0.3) is 0 Å². The second kappa shape index (κ2) is 8.75. The molecule has 5 nitrogen and oxygen atoms in total. The highest BCUT2D eigenvalue weighted by atomic mass is 32.1. The second-order valence-electron chi connectivity index (χ2n) is 7.35. The minimum absolute atomic E-state index is 0.00410. The van der Waals surface area contributed by atoms with Gasteiger partial charge in [0, 0.05) is 30.0 Å². The minimum Gasteiger partial charge on any atom is -0.339 e. The summed E-state index contributed by atoms with van der Waals surface area (Å²) in [7, 11) is 0. The van der Waals surface area contributed by atoms with Gasteiger partial charge in [-0.2, -0.15) is 0 Å². The molecule has 7 heteroatoms. The molecule has 0 saturated carbocycles. The quantitative estimate of drug-likeness (QED) is 0.605. The number of aromatic nitrogens is 1. The Morgan fingerprint density at radius 2 is 1.73 bits per heavy atom. The Morgan fingerprint density at radius 3 is 2.33 bits per heavy atom. The summed E-state index contributed by atoms with van der Waals surface area (Å²) in [6.45, 7) is 2.89. The molecule has 30 heavy (non-hydrogen) atoms. The summed E-state index contributed by atoms with van der Waals surface area (Å²) in [5, 5.41) is 2.59. The number of amides is 2. The fraction of sp³-hybridized carbons (Fsp3) is 0.261. The molecule has 2 aromatic carbocycles. The Hall–Kier alpha value is -3.06. The zero-order chi connectivity index (χ0) is 21.1. The van der Waals surface area contributed by atoms with E-state index in [4.69, 9.17) is 0 Å². The number of piperidine rings is 1. The number of nitrogens with zero attached hydrogens (tertiary/aromatic N) is 3. The smallest absolute Gasteiger partial charge is 0.253 e. The fourth-order valence-electron chi connectivity index (χ4n) is 3.64. The van der Waals surface area contributed by atoms with Crippen molar-refractivity contribution in [2.45, 2.75) is 19.8 Å². The van der Waals surface area contributed by atoms with Gasteiger partial charge in [-0.25, -0.2) is 9.37 Å². The maximum atomic E-state index is 13.4. The Balaban J connectivity index is 1.48. The summed E-state index contributed by atoms with van der Waals surface area (Å²) < 4.78 is 13.1. The molecule has 1 aromatic heterocycles. The Kier molecular flexibility index (Phi) is 5.90. The molecule has 0 spiro atoms. The lowest BCUT2D eigenvalue weighted by Gasteiger charge is -2.33. The molecule has 4 rings (SSSR count). The summed E-state index contributed by atoms with van der Waals surface area (Å²) in [6, 6.07) is 15.1. The lowest BCUT2D eigenvalue weighted by atomic mass is 9.94. The van der Waals surface area contributed by atoms with Crippen LogP contribution in [0.4, 0.5) is 15.2 Å². The molecule has 3 aromatic rings. The van der Waals surface area contributed by atoms with Crippen molar-refractivity contribution in [3.63, 3.8) is 0 Å². The Labute approximate surface area is 178 Å². The summed E-state index contributed by atoms with van der Waals surface area (Å²) in [5.41, 5.74) is 2.13. The maximum absolute atomic E-state index is 13.4. The standard InChI is InChI=1S/C23H22FN3O2S/c1-16-15-30-23(25-16)27(20-5-3-2-4-6-20)22(29)18-11-13-26(14-12-18)21(28)17-7-9-19(24)10-8-17/h2-10,15,18H,11-14H2,1H3. The third kappa shape index (κ3) is 4.26. The van der Waals surface area contributed by atoms with Gasteiger partial charge in [0.25, 0.3) is 5.91 Å². The van der Waals surface area contributed by atoms with Gasteiger partial charge in [-0.3, -0.25) is 14.5 Å². The van der Waals surface area contributed by atoms with E-state index >= 15 is 0 Å². The molecule has 1 fully saturated rings. The Bertz CT molecular complexity index is 1030. The lowest BCUT2D eigenvalue weighted by Crippen LogP contribution is -2.43. The molecule has 0 N–H and O–H groups in total. The first-order valence-electron chi connectivity index (χ1n) is 9.89. The van der Waals surface area contributed by atoms with E-state index in [-0.39, 0.29) is 23.5 Å². The summed E-state index contributed by atoms with van der Waals surface area (Å²) in [4.78, 5) is 34.1. The molecular formula is C23H22FN3O2S. The van der Waals surface area contributed by atoms with E-state index in [0.29, 0.717) is 36.6 Å². The molecule has 1 saturated heterocycles. The van der Waals surface area contributed by atoms with Gasteiger partial charge < -0.3 is 4.90 Å². The SMILES string of the molecule is Cc1csc(N(C(=O)C2CCN(C(=O)c3ccc(F)cc3)CC2)c2ccccc2)n1. The van der Waals surface area contributed by atoms with E-state index in [9.17, 15) is 14.0 Å². The van der Waals surface area contributed by atoms with Crippen molar-refractivity contribution < 1.29 is 14.0 Å². The van der Waals surface area contributed by atoms with Gasteiger partial charge in [0.2, 0.25) is 5.91 Å². The van der Waals surface area contributed by atoms with Gasteiger partial charge in [0.15, 0.2) is 5.13 Å². The highest BCUT2D eigenvalue weighted by Crippen LogP contribution is 2.32. The van der Waals surface area contributed by atoms with E-state index in [0.717, 1.165) is 11.4 Å². The summed E-state index contributed by atoms with van der Waals surface area (Å²) >= 11 is 1.45. The number of hydrogen-bond acceptors (Lipinski definition) is 4. The molecule has 154 valence electrons. The topological polar surface area (TPSA) is 53.5 Å². The van der Waals surface area contributed by atoms with E-state index in [1.807, 2.05) is 42.6 Å². The minimum atomic E-state index is -0.366. The largest absolute Gasteiger partial charge is 0.339 e. The molecule has 0 unspecified atom stereocenters. The van der Waals surface area contributed by atoms with Crippen LogP contribution in [0.5, 0.6) is 0 Å². The molecule has 2 amide bonds. The highest BCUT2D eigenvalue weighted by Gasteiger charge is 2.32. The molecule has 0 atom stereocenters. The van der Waals surface area contributed by atoms with Crippen molar-refractivity contribution in [3.05, 3.63) is 77.1 Å². The number of carbonyl (C=O) groups is 2. The van der Waals surface area contributed by atoms with Gasteiger partial charge in [-0.1, -0.05) is 18.2 Å². The number of aryl methyl sites for hydroxylation is 1. The van der Waals surface area contributed by atoms with Crippen molar-refractivity contribution in [1.29, 1.82) is 0 Å². The van der Waals surface area contributed by atoms with Crippen LogP contribution in [0.1, 0.15) is 28.9 Å². The highest BCUT2D eigenvalue weighted by molar-refractivity contribution is 7.14. The van der Waals surface area contributed by atoms with Crippen molar-refractivity contribution in [3.8, 4) is 0 Å². The molecule has 1 aliphatic rings. The first-order valence-corrected chi connectivity index (χ1v) is 10.8. The fourth-order valence-corrected chi connectivity index (χ4v) is 4.47. The van der Waals surface area contributed by atoms with E-state index in [1.165, 1.54) is 35.6 Å². The first kappa shape index (κ1) is 20.2.